The van der Waals surface area contributed by atoms with Crippen LogP contribution in [0, 0.1) is 5.92 Å². The Bertz CT molecular complexity index is 498. The van der Waals surface area contributed by atoms with E-state index in [1.165, 1.54) is 16.7 Å². The van der Waals surface area contributed by atoms with Gasteiger partial charge in [-0.05, 0) is 29.0 Å². The van der Waals surface area contributed by atoms with Crippen LogP contribution in [0.15, 0.2) is 18.2 Å². The summed E-state index contributed by atoms with van der Waals surface area (Å²) in [5, 5.41) is 0. The van der Waals surface area contributed by atoms with Crippen LogP contribution in [-0.4, -0.2) is 10.8 Å². The Morgan fingerprint density at radius 2 is 2.00 bits per heavy atom. The van der Waals surface area contributed by atoms with Crippen molar-refractivity contribution in [1.29, 1.82) is 0 Å². The van der Waals surface area contributed by atoms with Crippen LogP contribution in [0.2, 0.25) is 0 Å². The summed E-state index contributed by atoms with van der Waals surface area (Å²) in [4.78, 5) is 14.1. The van der Waals surface area contributed by atoms with Crippen molar-refractivity contribution in [2.45, 2.75) is 65.6 Å². The van der Waals surface area contributed by atoms with Crippen LogP contribution in [0.1, 0.15) is 69.2 Å². The van der Waals surface area contributed by atoms with E-state index in [0.717, 1.165) is 32.4 Å². The maximum Gasteiger partial charge on any atom is 0.223 e. The van der Waals surface area contributed by atoms with Crippen molar-refractivity contribution in [3.63, 3.8) is 0 Å². The fraction of sp³-hybridized carbons (Fsp3) is 0.611. The molecule has 1 heterocycles. The number of hydrogen-bond donors (Lipinski definition) is 1. The summed E-state index contributed by atoms with van der Waals surface area (Å²) in [5.41, 5.74) is 10.1. The van der Waals surface area contributed by atoms with Gasteiger partial charge >= 0.3 is 0 Å². The highest BCUT2D eigenvalue weighted by Gasteiger charge is 2.24. The molecular formula is C18H28N2O. The SMILES string of the molecule is CCCCC(=O)N1Cc2ccc(C(N)C(C)CC)cc2C1. The number of amides is 1. The summed E-state index contributed by atoms with van der Waals surface area (Å²) in [6, 6.07) is 6.58. The largest absolute Gasteiger partial charge is 0.334 e. The molecular weight excluding hydrogens is 260 g/mol. The zero-order valence-electron chi connectivity index (χ0n) is 13.6. The van der Waals surface area contributed by atoms with Crippen molar-refractivity contribution in [3.8, 4) is 0 Å². The molecule has 0 radical (unpaired) electrons. The first kappa shape index (κ1) is 16.0. The van der Waals surface area contributed by atoms with E-state index in [9.17, 15) is 4.79 Å². The van der Waals surface area contributed by atoms with E-state index in [0.29, 0.717) is 12.3 Å². The molecule has 2 atom stereocenters. The lowest BCUT2D eigenvalue weighted by Gasteiger charge is -2.19. The second-order valence-electron chi connectivity index (χ2n) is 6.29. The smallest absolute Gasteiger partial charge is 0.223 e. The summed E-state index contributed by atoms with van der Waals surface area (Å²) in [6.45, 7) is 7.99. The fourth-order valence-electron chi connectivity index (χ4n) is 2.87. The molecule has 2 rings (SSSR count). The second-order valence-corrected chi connectivity index (χ2v) is 6.29. The molecule has 2 unspecified atom stereocenters. The van der Waals surface area contributed by atoms with Gasteiger partial charge in [0.05, 0.1) is 0 Å². The number of hydrogen-bond acceptors (Lipinski definition) is 2. The van der Waals surface area contributed by atoms with E-state index >= 15 is 0 Å². The van der Waals surface area contributed by atoms with Crippen LogP contribution in [0.25, 0.3) is 0 Å². The Morgan fingerprint density at radius 1 is 1.29 bits per heavy atom. The van der Waals surface area contributed by atoms with Crippen LogP contribution in [0.4, 0.5) is 0 Å². The van der Waals surface area contributed by atoms with Crippen LogP contribution in [0.5, 0.6) is 0 Å². The Labute approximate surface area is 128 Å². The van der Waals surface area contributed by atoms with E-state index in [-0.39, 0.29) is 11.9 Å². The predicted octanol–water partition coefficient (Wildman–Crippen LogP) is 3.76. The molecule has 0 saturated heterocycles. The van der Waals surface area contributed by atoms with Gasteiger partial charge in [0.25, 0.3) is 0 Å². The van der Waals surface area contributed by atoms with Crippen LogP contribution < -0.4 is 5.73 Å². The summed E-state index contributed by atoms with van der Waals surface area (Å²) < 4.78 is 0. The molecule has 3 heteroatoms. The monoisotopic (exact) mass is 288 g/mol. The highest BCUT2D eigenvalue weighted by molar-refractivity contribution is 5.77. The van der Waals surface area contributed by atoms with E-state index in [1.807, 2.05) is 4.90 Å². The molecule has 1 aromatic rings. The molecule has 0 aliphatic carbocycles. The molecule has 0 fully saturated rings. The normalized spacial score (nSPS) is 16.7. The molecule has 3 nitrogen and oxygen atoms in total. The Kier molecular flexibility index (Phi) is 5.40. The molecule has 0 spiro atoms. The van der Waals surface area contributed by atoms with E-state index < -0.39 is 0 Å². The second kappa shape index (κ2) is 7.08. The molecule has 1 amide bonds. The first-order valence-electron chi connectivity index (χ1n) is 8.21. The number of nitrogens with zero attached hydrogens (tertiary/aromatic N) is 1. The molecule has 116 valence electrons. The fourth-order valence-corrected chi connectivity index (χ4v) is 2.87. The van der Waals surface area contributed by atoms with Crippen molar-refractivity contribution in [3.05, 3.63) is 34.9 Å². The van der Waals surface area contributed by atoms with Gasteiger partial charge in [0.2, 0.25) is 5.91 Å². The predicted molar refractivity (Wildman–Crippen MR) is 86.6 cm³/mol. The molecule has 0 aromatic heterocycles. The van der Waals surface area contributed by atoms with Gasteiger partial charge in [0.15, 0.2) is 0 Å². The van der Waals surface area contributed by atoms with E-state index in [2.05, 4.69) is 39.0 Å². The number of benzene rings is 1. The van der Waals surface area contributed by atoms with Crippen LogP contribution in [0.3, 0.4) is 0 Å². The maximum atomic E-state index is 12.1. The molecule has 2 N–H and O–H groups in total. The summed E-state index contributed by atoms with van der Waals surface area (Å²) in [5.74, 6) is 0.757. The van der Waals surface area contributed by atoms with Crippen molar-refractivity contribution >= 4 is 5.91 Å². The Balaban J connectivity index is 2.06. The highest BCUT2D eigenvalue weighted by atomic mass is 16.2. The van der Waals surface area contributed by atoms with Crippen LogP contribution in [-0.2, 0) is 17.9 Å². The third-order valence-corrected chi connectivity index (χ3v) is 4.69. The Morgan fingerprint density at radius 3 is 2.67 bits per heavy atom. The van der Waals surface area contributed by atoms with Gasteiger partial charge in [-0.3, -0.25) is 4.79 Å². The molecule has 0 saturated carbocycles. The summed E-state index contributed by atoms with van der Waals surface area (Å²) in [7, 11) is 0. The van der Waals surface area contributed by atoms with E-state index in [1.54, 1.807) is 0 Å². The molecule has 21 heavy (non-hydrogen) atoms. The lowest BCUT2D eigenvalue weighted by molar-refractivity contribution is -0.131. The Hall–Kier alpha value is -1.35. The van der Waals surface area contributed by atoms with Gasteiger partial charge in [0.1, 0.15) is 0 Å². The molecule has 1 aliphatic rings. The zero-order valence-corrected chi connectivity index (χ0v) is 13.6. The van der Waals surface area contributed by atoms with Gasteiger partial charge < -0.3 is 10.6 Å². The molecule has 1 aromatic carbocycles. The van der Waals surface area contributed by atoms with Gasteiger partial charge in [-0.2, -0.15) is 0 Å². The third kappa shape index (κ3) is 3.65. The lowest BCUT2D eigenvalue weighted by atomic mass is 9.91. The maximum absolute atomic E-state index is 12.1. The van der Waals surface area contributed by atoms with Crippen molar-refractivity contribution in [2.75, 3.05) is 0 Å². The molecule has 0 bridgehead atoms. The van der Waals surface area contributed by atoms with Gasteiger partial charge in [-0.15, -0.1) is 0 Å². The molecule has 1 aliphatic heterocycles. The number of rotatable bonds is 6. The highest BCUT2D eigenvalue weighted by Crippen LogP contribution is 2.29. The summed E-state index contributed by atoms with van der Waals surface area (Å²) >= 11 is 0. The lowest BCUT2D eigenvalue weighted by Crippen LogP contribution is -2.24. The number of unbranched alkanes of at least 4 members (excludes halogenated alkanes) is 1. The standard InChI is InChI=1S/C18H28N2O/c1-4-6-7-17(21)20-11-15-9-8-14(10-16(15)12-20)18(19)13(3)5-2/h8-10,13,18H,4-7,11-12,19H2,1-3H3. The first-order chi connectivity index (χ1) is 10.1. The van der Waals surface area contributed by atoms with Crippen molar-refractivity contribution in [2.24, 2.45) is 11.7 Å². The van der Waals surface area contributed by atoms with Gasteiger partial charge in [0, 0.05) is 25.6 Å². The van der Waals surface area contributed by atoms with Crippen LogP contribution >= 0.6 is 0 Å². The zero-order chi connectivity index (χ0) is 15.4. The van der Waals surface area contributed by atoms with Crippen molar-refractivity contribution in [1.82, 2.24) is 4.90 Å². The third-order valence-electron chi connectivity index (χ3n) is 4.69. The minimum atomic E-state index is 0.0881. The average molecular weight is 288 g/mol. The topological polar surface area (TPSA) is 46.3 Å². The average Bonchev–Trinajstić information content (AvgIpc) is 2.94. The quantitative estimate of drug-likeness (QED) is 0.866. The number of carbonyl (C=O) groups excluding carboxylic acids is 1. The summed E-state index contributed by atoms with van der Waals surface area (Å²) in [6.07, 6.45) is 3.81. The number of nitrogens with two attached hydrogens (primary N) is 1. The van der Waals surface area contributed by atoms with Crippen molar-refractivity contribution < 1.29 is 4.79 Å². The first-order valence-corrected chi connectivity index (χ1v) is 8.21. The van der Waals surface area contributed by atoms with Gasteiger partial charge in [-0.1, -0.05) is 51.8 Å². The van der Waals surface area contributed by atoms with E-state index in [4.69, 9.17) is 5.73 Å². The minimum Gasteiger partial charge on any atom is -0.334 e. The number of carbonyl (C=O) groups is 1. The van der Waals surface area contributed by atoms with Gasteiger partial charge in [-0.25, -0.2) is 0 Å². The minimum absolute atomic E-state index is 0.0881. The number of fused-ring (bicyclic) bond motifs is 1.